The third kappa shape index (κ3) is 5.47. The Kier molecular flexibility index (Phi) is 9.18. The largest absolute Gasteiger partial charge is 0.495 e. The van der Waals surface area contributed by atoms with Crippen molar-refractivity contribution in [3.63, 3.8) is 0 Å². The standard InChI is InChI=1S/C12H14N2O.C3H8.C2H6/c1-9-4-5-11(12(6-9)15-3)14-7-10(2)13-8-14;1-3-2;1-2/h4-8H,1-3H3;3H2,1-2H3;1-2H3. The minimum absolute atomic E-state index is 0.868. The van der Waals surface area contributed by atoms with Crippen LogP contribution in [0.1, 0.15) is 45.4 Å². The van der Waals surface area contributed by atoms with Gasteiger partial charge in [-0.1, -0.05) is 40.2 Å². The molecule has 0 N–H and O–H groups in total. The number of ether oxygens (including phenoxy) is 1. The molecule has 2 aromatic rings. The molecule has 0 saturated carbocycles. The van der Waals surface area contributed by atoms with Crippen LogP contribution < -0.4 is 4.74 Å². The lowest BCUT2D eigenvalue weighted by atomic mass is 10.2. The maximum atomic E-state index is 5.34. The van der Waals surface area contributed by atoms with Gasteiger partial charge in [0.15, 0.2) is 0 Å². The summed E-state index contributed by atoms with van der Waals surface area (Å²) in [6.07, 6.45) is 5.02. The van der Waals surface area contributed by atoms with Crippen LogP contribution in [-0.2, 0) is 0 Å². The van der Waals surface area contributed by atoms with E-state index in [2.05, 4.69) is 24.9 Å². The summed E-state index contributed by atoms with van der Waals surface area (Å²) in [4.78, 5) is 4.20. The molecule has 0 fully saturated rings. The maximum absolute atomic E-state index is 5.34. The molecule has 0 saturated heterocycles. The molecule has 2 rings (SSSR count). The van der Waals surface area contributed by atoms with Crippen molar-refractivity contribution >= 4 is 0 Å². The zero-order valence-corrected chi connectivity index (χ0v) is 13.9. The summed E-state index contributed by atoms with van der Waals surface area (Å²) in [6.45, 7) is 12.3. The molecule has 0 aliphatic rings. The summed E-state index contributed by atoms with van der Waals surface area (Å²) in [7, 11) is 1.68. The molecule has 20 heavy (non-hydrogen) atoms. The summed E-state index contributed by atoms with van der Waals surface area (Å²) >= 11 is 0. The second-order valence-corrected chi connectivity index (χ2v) is 4.30. The van der Waals surface area contributed by atoms with Gasteiger partial charge in [-0.2, -0.15) is 0 Å². The molecule has 1 aromatic heterocycles. The van der Waals surface area contributed by atoms with Gasteiger partial charge in [0.05, 0.1) is 24.8 Å². The van der Waals surface area contributed by atoms with Crippen LogP contribution in [0.2, 0.25) is 0 Å². The summed E-state index contributed by atoms with van der Waals surface area (Å²) in [6, 6.07) is 6.12. The topological polar surface area (TPSA) is 27.1 Å². The molecule has 1 aromatic carbocycles. The molecule has 0 aliphatic carbocycles. The van der Waals surface area contributed by atoms with Crippen LogP contribution in [0.4, 0.5) is 0 Å². The third-order valence-corrected chi connectivity index (χ3v) is 2.33. The van der Waals surface area contributed by atoms with Crippen LogP contribution in [0, 0.1) is 13.8 Å². The van der Waals surface area contributed by atoms with Gasteiger partial charge in [0.1, 0.15) is 5.75 Å². The first-order chi connectivity index (χ1) is 9.62. The fourth-order valence-electron chi connectivity index (χ4n) is 1.55. The van der Waals surface area contributed by atoms with Crippen LogP contribution >= 0.6 is 0 Å². The Hall–Kier alpha value is -1.77. The van der Waals surface area contributed by atoms with Gasteiger partial charge in [-0.3, -0.25) is 0 Å². The average Bonchev–Trinajstić information content (AvgIpc) is 2.88. The summed E-state index contributed by atoms with van der Waals surface area (Å²) in [5.41, 5.74) is 3.20. The lowest BCUT2D eigenvalue weighted by Crippen LogP contribution is -1.95. The lowest BCUT2D eigenvalue weighted by Gasteiger charge is -2.09. The number of benzene rings is 1. The molecule has 3 nitrogen and oxygen atoms in total. The van der Waals surface area contributed by atoms with Crippen LogP contribution in [0.3, 0.4) is 0 Å². The minimum atomic E-state index is 0.868. The number of nitrogens with zero attached hydrogens (tertiary/aromatic N) is 2. The van der Waals surface area contributed by atoms with Crippen molar-refractivity contribution in [2.24, 2.45) is 0 Å². The van der Waals surface area contributed by atoms with E-state index in [-0.39, 0.29) is 0 Å². The molecule has 0 amide bonds. The second-order valence-electron chi connectivity index (χ2n) is 4.30. The molecule has 1 heterocycles. The number of methoxy groups -OCH3 is 1. The Morgan fingerprint density at radius 3 is 2.20 bits per heavy atom. The van der Waals surface area contributed by atoms with Crippen molar-refractivity contribution < 1.29 is 4.74 Å². The molecule has 0 radical (unpaired) electrons. The van der Waals surface area contributed by atoms with E-state index in [4.69, 9.17) is 4.74 Å². The summed E-state index contributed by atoms with van der Waals surface area (Å²) < 4.78 is 7.31. The number of aryl methyl sites for hydroxylation is 2. The SMILES string of the molecule is CC.CCC.COc1cc(C)ccc1-n1cnc(C)c1. The Balaban J connectivity index is 0.000000641. The molecule has 0 aliphatic heterocycles. The van der Waals surface area contributed by atoms with Crippen LogP contribution in [0.5, 0.6) is 5.75 Å². The quantitative estimate of drug-likeness (QED) is 0.776. The van der Waals surface area contributed by atoms with E-state index < -0.39 is 0 Å². The predicted molar refractivity (Wildman–Crippen MR) is 86.9 cm³/mol. The van der Waals surface area contributed by atoms with Gasteiger partial charge in [-0.25, -0.2) is 4.98 Å². The highest BCUT2D eigenvalue weighted by molar-refractivity contribution is 5.48. The first kappa shape index (κ1) is 18.2. The maximum Gasteiger partial charge on any atom is 0.143 e. The average molecular weight is 276 g/mol. The third-order valence-electron chi connectivity index (χ3n) is 2.33. The minimum Gasteiger partial charge on any atom is -0.495 e. The zero-order chi connectivity index (χ0) is 15.5. The van der Waals surface area contributed by atoms with Crippen molar-refractivity contribution in [3.05, 3.63) is 42.0 Å². The van der Waals surface area contributed by atoms with Crippen LogP contribution in [-0.4, -0.2) is 16.7 Å². The Bertz CT molecular complexity index is 489. The van der Waals surface area contributed by atoms with E-state index in [0.29, 0.717) is 0 Å². The molecule has 3 heteroatoms. The highest BCUT2D eigenvalue weighted by Crippen LogP contribution is 2.23. The number of aromatic nitrogens is 2. The number of hydrogen-bond donors (Lipinski definition) is 0. The van der Waals surface area contributed by atoms with E-state index >= 15 is 0 Å². The Labute approximate surface area is 123 Å². The fraction of sp³-hybridized carbons (Fsp3) is 0.471. The van der Waals surface area contributed by atoms with Gasteiger partial charge in [0.25, 0.3) is 0 Å². The van der Waals surface area contributed by atoms with Gasteiger partial charge < -0.3 is 9.30 Å². The van der Waals surface area contributed by atoms with Gasteiger partial charge in [0.2, 0.25) is 0 Å². The van der Waals surface area contributed by atoms with E-state index in [9.17, 15) is 0 Å². The van der Waals surface area contributed by atoms with Crippen molar-refractivity contribution in [1.29, 1.82) is 0 Å². The highest BCUT2D eigenvalue weighted by atomic mass is 16.5. The van der Waals surface area contributed by atoms with E-state index in [1.54, 1.807) is 13.4 Å². The molecule has 0 atom stereocenters. The van der Waals surface area contributed by atoms with E-state index in [1.807, 2.05) is 50.6 Å². The summed E-state index contributed by atoms with van der Waals surface area (Å²) in [5.74, 6) is 0.868. The monoisotopic (exact) mass is 276 g/mol. The zero-order valence-electron chi connectivity index (χ0n) is 13.9. The van der Waals surface area contributed by atoms with Crippen molar-refractivity contribution in [2.45, 2.75) is 48.0 Å². The van der Waals surface area contributed by atoms with E-state index in [1.165, 1.54) is 12.0 Å². The highest BCUT2D eigenvalue weighted by Gasteiger charge is 2.05. The van der Waals surface area contributed by atoms with Gasteiger partial charge in [0, 0.05) is 6.20 Å². The first-order valence-electron chi connectivity index (χ1n) is 7.28. The molecular weight excluding hydrogens is 248 g/mol. The molecular formula is C17H28N2O. The fourth-order valence-corrected chi connectivity index (χ4v) is 1.55. The predicted octanol–water partition coefficient (Wildman–Crippen LogP) is 4.94. The number of hydrogen-bond acceptors (Lipinski definition) is 2. The number of imidazole rings is 1. The first-order valence-corrected chi connectivity index (χ1v) is 7.28. The normalized spacial score (nSPS) is 8.95. The lowest BCUT2D eigenvalue weighted by molar-refractivity contribution is 0.412. The smallest absolute Gasteiger partial charge is 0.143 e. The van der Waals surface area contributed by atoms with Crippen LogP contribution in [0.25, 0.3) is 5.69 Å². The number of rotatable bonds is 2. The Morgan fingerprint density at radius 2 is 1.75 bits per heavy atom. The molecule has 112 valence electrons. The van der Waals surface area contributed by atoms with Gasteiger partial charge >= 0.3 is 0 Å². The molecule has 0 spiro atoms. The van der Waals surface area contributed by atoms with Crippen molar-refractivity contribution in [2.75, 3.05) is 7.11 Å². The molecule has 0 unspecified atom stereocenters. The van der Waals surface area contributed by atoms with Crippen molar-refractivity contribution in [3.8, 4) is 11.4 Å². The van der Waals surface area contributed by atoms with Gasteiger partial charge in [-0.05, 0) is 31.5 Å². The Morgan fingerprint density at radius 1 is 1.15 bits per heavy atom. The molecule has 0 bridgehead atoms. The van der Waals surface area contributed by atoms with Crippen LogP contribution in [0.15, 0.2) is 30.7 Å². The van der Waals surface area contributed by atoms with Crippen molar-refractivity contribution in [1.82, 2.24) is 9.55 Å². The second kappa shape index (κ2) is 10.1. The summed E-state index contributed by atoms with van der Waals surface area (Å²) in [5, 5.41) is 0. The van der Waals surface area contributed by atoms with E-state index in [0.717, 1.165) is 17.1 Å². The van der Waals surface area contributed by atoms with Gasteiger partial charge in [-0.15, -0.1) is 0 Å².